The predicted octanol–water partition coefficient (Wildman–Crippen LogP) is 2.32. The molecule has 0 atom stereocenters. The number of primary amides is 1. The van der Waals surface area contributed by atoms with Crippen molar-refractivity contribution in [3.8, 4) is 0 Å². The number of amides is 2. The fraction of sp³-hybridized carbons (Fsp3) is 0.364. The number of benzene rings is 2. The smallest absolute Gasteiger partial charge is 0.251 e. The Balaban J connectivity index is 1.58. The third kappa shape index (κ3) is 5.46. The topological polar surface area (TPSA) is 110 Å². The van der Waals surface area contributed by atoms with E-state index in [1.165, 1.54) is 28.6 Å². The molecule has 30 heavy (non-hydrogen) atoms. The van der Waals surface area contributed by atoms with E-state index in [0.717, 1.165) is 31.2 Å². The largest absolute Gasteiger partial charge is 0.366 e. The summed E-state index contributed by atoms with van der Waals surface area (Å²) in [5.41, 5.74) is 7.00. The van der Waals surface area contributed by atoms with Crippen molar-refractivity contribution in [2.45, 2.75) is 37.0 Å². The minimum Gasteiger partial charge on any atom is -0.366 e. The van der Waals surface area contributed by atoms with Crippen LogP contribution in [0.5, 0.6) is 0 Å². The Hall–Kier alpha value is -2.71. The maximum absolute atomic E-state index is 12.8. The zero-order valence-corrected chi connectivity index (χ0v) is 17.7. The molecule has 3 rings (SSSR count). The molecule has 1 aliphatic heterocycles. The van der Waals surface area contributed by atoms with E-state index < -0.39 is 15.9 Å². The lowest BCUT2D eigenvalue weighted by Gasteiger charge is -2.20. The number of nitrogens with two attached hydrogens (primary N) is 1. The van der Waals surface area contributed by atoms with E-state index >= 15 is 0 Å². The summed E-state index contributed by atoms with van der Waals surface area (Å²) in [6, 6.07) is 13.0. The maximum atomic E-state index is 12.8. The van der Waals surface area contributed by atoms with E-state index in [4.69, 9.17) is 5.73 Å². The highest BCUT2D eigenvalue weighted by Gasteiger charge is 2.25. The van der Waals surface area contributed by atoms with Crippen molar-refractivity contribution in [3.63, 3.8) is 0 Å². The summed E-state index contributed by atoms with van der Waals surface area (Å²) < 4.78 is 27.2. The van der Waals surface area contributed by atoms with E-state index in [2.05, 4.69) is 5.32 Å². The number of hydrogen-bond donors (Lipinski definition) is 2. The van der Waals surface area contributed by atoms with Gasteiger partial charge in [0.15, 0.2) is 0 Å². The molecule has 2 aromatic carbocycles. The Kier molecular flexibility index (Phi) is 7.23. The molecule has 3 N–H and O–H groups in total. The molecule has 0 radical (unpaired) electrons. The zero-order valence-electron chi connectivity index (χ0n) is 16.8. The van der Waals surface area contributed by atoms with Crippen LogP contribution in [0.15, 0.2) is 53.4 Å². The van der Waals surface area contributed by atoms with Crippen molar-refractivity contribution in [2.24, 2.45) is 5.73 Å². The van der Waals surface area contributed by atoms with Crippen LogP contribution >= 0.6 is 0 Å². The first-order valence-electron chi connectivity index (χ1n) is 10.1. The van der Waals surface area contributed by atoms with Crippen LogP contribution in [0.25, 0.3) is 0 Å². The van der Waals surface area contributed by atoms with Gasteiger partial charge < -0.3 is 11.1 Å². The molecule has 0 unspecified atom stereocenters. The Morgan fingerprint density at radius 1 is 0.933 bits per heavy atom. The summed E-state index contributed by atoms with van der Waals surface area (Å²) in [5.74, 6) is -0.768. The lowest BCUT2D eigenvalue weighted by Crippen LogP contribution is -2.32. The monoisotopic (exact) mass is 429 g/mol. The highest BCUT2D eigenvalue weighted by Crippen LogP contribution is 2.20. The van der Waals surface area contributed by atoms with Gasteiger partial charge in [-0.05, 0) is 61.2 Å². The molecule has 2 amide bonds. The first kappa shape index (κ1) is 22.0. The summed E-state index contributed by atoms with van der Waals surface area (Å²) in [4.78, 5) is 23.8. The summed E-state index contributed by atoms with van der Waals surface area (Å²) in [6.07, 6.45) is 4.41. The van der Waals surface area contributed by atoms with Crippen LogP contribution in [0.4, 0.5) is 0 Å². The van der Waals surface area contributed by atoms with Crippen LogP contribution in [0.3, 0.4) is 0 Å². The van der Waals surface area contributed by atoms with Gasteiger partial charge in [-0.25, -0.2) is 8.42 Å². The van der Waals surface area contributed by atoms with Crippen LogP contribution in [0.1, 0.15) is 52.0 Å². The van der Waals surface area contributed by atoms with Gasteiger partial charge in [-0.1, -0.05) is 25.0 Å². The molecule has 2 aromatic rings. The minimum absolute atomic E-state index is 0.212. The van der Waals surface area contributed by atoms with E-state index in [1.807, 2.05) is 6.07 Å². The first-order chi connectivity index (χ1) is 14.4. The molecule has 1 aliphatic rings. The quantitative estimate of drug-likeness (QED) is 0.704. The van der Waals surface area contributed by atoms with Gasteiger partial charge in [0.25, 0.3) is 5.91 Å². The van der Waals surface area contributed by atoms with Crippen LogP contribution in [0.2, 0.25) is 0 Å². The lowest BCUT2D eigenvalue weighted by atomic mass is 10.1. The van der Waals surface area contributed by atoms with Gasteiger partial charge in [0.1, 0.15) is 0 Å². The number of sulfonamides is 1. The Bertz CT molecular complexity index is 995. The van der Waals surface area contributed by atoms with Gasteiger partial charge in [-0.15, -0.1) is 0 Å². The van der Waals surface area contributed by atoms with E-state index in [9.17, 15) is 18.0 Å². The third-order valence-electron chi connectivity index (χ3n) is 5.23. The number of nitrogens with zero attached hydrogens (tertiary/aromatic N) is 1. The van der Waals surface area contributed by atoms with Crippen molar-refractivity contribution >= 4 is 21.8 Å². The van der Waals surface area contributed by atoms with E-state index in [1.54, 1.807) is 18.2 Å². The van der Waals surface area contributed by atoms with Crippen LogP contribution < -0.4 is 11.1 Å². The summed E-state index contributed by atoms with van der Waals surface area (Å²) in [6.45, 7) is 1.47. The first-order valence-corrected chi connectivity index (χ1v) is 11.6. The lowest BCUT2D eigenvalue weighted by molar-refractivity contribution is 0.0952. The Morgan fingerprint density at radius 2 is 1.60 bits per heavy atom. The number of rotatable bonds is 7. The molecule has 8 heteroatoms. The normalized spacial score (nSPS) is 15.3. The van der Waals surface area contributed by atoms with Gasteiger partial charge in [-0.2, -0.15) is 4.31 Å². The second-order valence-corrected chi connectivity index (χ2v) is 9.35. The molecule has 160 valence electrons. The number of nitrogens with one attached hydrogen (secondary N) is 1. The van der Waals surface area contributed by atoms with E-state index in [-0.39, 0.29) is 10.8 Å². The highest BCUT2D eigenvalue weighted by molar-refractivity contribution is 7.89. The molecule has 0 saturated carbocycles. The van der Waals surface area contributed by atoms with Crippen LogP contribution in [0, 0.1) is 0 Å². The van der Waals surface area contributed by atoms with Crippen molar-refractivity contribution in [2.75, 3.05) is 19.6 Å². The second-order valence-electron chi connectivity index (χ2n) is 7.41. The summed E-state index contributed by atoms with van der Waals surface area (Å²) in [5, 5.41) is 2.81. The van der Waals surface area contributed by atoms with Crippen molar-refractivity contribution in [3.05, 3.63) is 65.2 Å². The van der Waals surface area contributed by atoms with Crippen molar-refractivity contribution < 1.29 is 18.0 Å². The predicted molar refractivity (Wildman–Crippen MR) is 115 cm³/mol. The zero-order chi connectivity index (χ0) is 21.6. The highest BCUT2D eigenvalue weighted by atomic mass is 32.2. The average Bonchev–Trinajstić information content (AvgIpc) is 3.04. The molecule has 0 spiro atoms. The Labute approximate surface area is 177 Å². The SMILES string of the molecule is NC(=O)c1cccc(CCNC(=O)c2ccc(S(=O)(=O)N3CCCCCC3)cc2)c1. The fourth-order valence-electron chi connectivity index (χ4n) is 3.51. The second kappa shape index (κ2) is 9.86. The third-order valence-corrected chi connectivity index (χ3v) is 7.14. The van der Waals surface area contributed by atoms with Gasteiger partial charge >= 0.3 is 0 Å². The molecule has 1 heterocycles. The number of carbonyl (C=O) groups is 2. The summed E-state index contributed by atoms with van der Waals surface area (Å²) in [7, 11) is -3.53. The van der Waals surface area contributed by atoms with Gasteiger partial charge in [0, 0.05) is 30.8 Å². The molecule has 0 aliphatic carbocycles. The summed E-state index contributed by atoms with van der Waals surface area (Å²) >= 11 is 0. The molecule has 1 saturated heterocycles. The standard InChI is InChI=1S/C22H27N3O4S/c23-21(26)19-7-5-6-17(16-19)12-13-24-22(27)18-8-10-20(11-9-18)30(28,29)25-14-3-1-2-4-15-25/h5-11,16H,1-4,12-15H2,(H2,23,26)(H,24,27). The molecule has 0 bridgehead atoms. The Morgan fingerprint density at radius 3 is 2.23 bits per heavy atom. The average molecular weight is 430 g/mol. The number of carbonyl (C=O) groups excluding carboxylic acids is 2. The van der Waals surface area contributed by atoms with Crippen LogP contribution in [-0.2, 0) is 16.4 Å². The molecule has 7 nitrogen and oxygen atoms in total. The molecule has 0 aromatic heterocycles. The van der Waals surface area contributed by atoms with Crippen molar-refractivity contribution in [1.29, 1.82) is 0 Å². The molecular formula is C22H27N3O4S. The van der Waals surface area contributed by atoms with Gasteiger partial charge in [0.2, 0.25) is 15.9 Å². The van der Waals surface area contributed by atoms with Gasteiger partial charge in [-0.3, -0.25) is 9.59 Å². The fourth-order valence-corrected chi connectivity index (χ4v) is 5.03. The maximum Gasteiger partial charge on any atom is 0.251 e. The van der Waals surface area contributed by atoms with Crippen LogP contribution in [-0.4, -0.2) is 44.2 Å². The molecule has 1 fully saturated rings. The molecular weight excluding hydrogens is 402 g/mol. The minimum atomic E-state index is -3.53. The van der Waals surface area contributed by atoms with Crippen molar-refractivity contribution in [1.82, 2.24) is 9.62 Å². The number of hydrogen-bond acceptors (Lipinski definition) is 4. The van der Waals surface area contributed by atoms with E-state index in [0.29, 0.717) is 37.2 Å². The van der Waals surface area contributed by atoms with Gasteiger partial charge in [0.05, 0.1) is 4.90 Å².